The summed E-state index contributed by atoms with van der Waals surface area (Å²) in [6.07, 6.45) is 3.65. The van der Waals surface area contributed by atoms with Crippen LogP contribution in [0.15, 0.2) is 36.0 Å². The number of aromatic nitrogens is 2. The maximum Gasteiger partial charge on any atom is 0.263 e. The number of pyridine rings is 2. The van der Waals surface area contributed by atoms with Crippen molar-refractivity contribution in [2.24, 2.45) is 4.99 Å². The van der Waals surface area contributed by atoms with Crippen molar-refractivity contribution in [3.8, 4) is 17.0 Å². The molecule has 4 aliphatic heterocycles. The van der Waals surface area contributed by atoms with Gasteiger partial charge in [0.15, 0.2) is 0 Å². The molecule has 2 aromatic rings. The van der Waals surface area contributed by atoms with Crippen molar-refractivity contribution in [2.45, 2.75) is 38.8 Å². The number of morpholine rings is 2. The van der Waals surface area contributed by atoms with E-state index in [1.807, 2.05) is 0 Å². The third-order valence-corrected chi connectivity index (χ3v) is 10.7. The van der Waals surface area contributed by atoms with Crippen LogP contribution in [0.3, 0.4) is 0 Å². The van der Waals surface area contributed by atoms with Crippen molar-refractivity contribution in [3.63, 3.8) is 0 Å². The van der Waals surface area contributed by atoms with Gasteiger partial charge in [-0.3, -0.25) is 38.3 Å². The normalized spacial score (nSPS) is 19.3. The first-order valence-electron chi connectivity index (χ1n) is 17.0. The molecule has 0 atom stereocenters. The topological polar surface area (TPSA) is 122 Å². The fourth-order valence-corrected chi connectivity index (χ4v) is 8.11. The fourth-order valence-electron chi connectivity index (χ4n) is 7.52. The number of hydrogen-bond donors (Lipinski definition) is 1. The zero-order chi connectivity index (χ0) is 32.5. The molecule has 1 aromatic heterocycles. The van der Waals surface area contributed by atoms with Crippen LogP contribution in [-0.2, 0) is 22.6 Å². The molecule has 252 valence electrons. The zero-order valence-corrected chi connectivity index (χ0v) is 28.4. The van der Waals surface area contributed by atoms with Crippen molar-refractivity contribution in [1.82, 2.24) is 23.8 Å². The quantitative estimate of drug-likeness (QED) is 0.231. The van der Waals surface area contributed by atoms with Gasteiger partial charge in [-0.2, -0.15) is 0 Å². The molecule has 5 heterocycles. The van der Waals surface area contributed by atoms with E-state index in [4.69, 9.17) is 14.5 Å². The number of likely N-dealkylation sites (tertiary alicyclic amines) is 1. The maximum atomic E-state index is 14.3. The predicted molar refractivity (Wildman–Crippen MR) is 184 cm³/mol. The molecule has 13 heteroatoms. The van der Waals surface area contributed by atoms with E-state index in [0.29, 0.717) is 94.9 Å². The van der Waals surface area contributed by atoms with Crippen LogP contribution in [0.1, 0.15) is 25.7 Å². The van der Waals surface area contributed by atoms with Gasteiger partial charge in [0, 0.05) is 79.7 Å². The molecule has 1 aromatic carbocycles. The molecule has 0 amide bonds. The van der Waals surface area contributed by atoms with Gasteiger partial charge < -0.3 is 19.5 Å². The molecule has 5 aliphatic rings. The van der Waals surface area contributed by atoms with Crippen LogP contribution in [0.2, 0.25) is 0 Å². The highest BCUT2D eigenvalue weighted by atomic mass is 79.9. The van der Waals surface area contributed by atoms with Crippen LogP contribution in [0, 0.1) is 0 Å². The van der Waals surface area contributed by atoms with Crippen LogP contribution in [-0.4, -0.2) is 121 Å². The summed E-state index contributed by atoms with van der Waals surface area (Å²) >= 11 is 3.61. The summed E-state index contributed by atoms with van der Waals surface area (Å²) in [6.45, 7) is 11.6. The van der Waals surface area contributed by atoms with E-state index in [1.54, 1.807) is 12.1 Å². The van der Waals surface area contributed by atoms with Crippen LogP contribution < -0.4 is 22.0 Å². The van der Waals surface area contributed by atoms with Gasteiger partial charge in [0.25, 0.3) is 16.7 Å². The number of aromatic hydroxyl groups is 1. The summed E-state index contributed by atoms with van der Waals surface area (Å²) in [5.41, 5.74) is -0.392. The molecular weight excluding hydrogens is 668 g/mol. The standard InChI is InChI=1S/C34H43BrN6O6/c35-25-21-23-28-27-24(32(43)40(33(44)29(25)27)10-3-8-38-13-17-46-18-14-38)22-26(36-5-12-37-6-1-2-7-37)30(28)34(45)41(31(23)42)11-4-9-39-15-19-47-20-16-39/h21-22,42H,1-20H2. The van der Waals surface area contributed by atoms with Crippen molar-refractivity contribution in [1.29, 1.82) is 0 Å². The Bertz CT molecular complexity index is 1930. The fraction of sp³-hybridized carbons (Fsp3) is 0.588. The second-order valence-electron chi connectivity index (χ2n) is 12.9. The van der Waals surface area contributed by atoms with E-state index in [9.17, 15) is 19.5 Å². The van der Waals surface area contributed by atoms with Crippen molar-refractivity contribution < 1.29 is 14.6 Å². The van der Waals surface area contributed by atoms with Gasteiger partial charge in [-0.15, -0.1) is 0 Å². The Kier molecular flexibility index (Phi) is 9.90. The minimum atomic E-state index is -0.396. The first kappa shape index (κ1) is 32.6. The van der Waals surface area contributed by atoms with Gasteiger partial charge in [0.05, 0.1) is 54.7 Å². The number of nitrogens with zero attached hydrogens (tertiary/aromatic N) is 6. The van der Waals surface area contributed by atoms with Crippen LogP contribution in [0.25, 0.3) is 32.7 Å². The number of benzene rings is 2. The maximum absolute atomic E-state index is 14.3. The van der Waals surface area contributed by atoms with Crippen LogP contribution >= 0.6 is 15.9 Å². The number of rotatable bonds is 11. The lowest BCUT2D eigenvalue weighted by atomic mass is 9.90. The molecule has 7 rings (SSSR count). The molecule has 1 aliphatic carbocycles. The molecule has 0 radical (unpaired) electrons. The first-order valence-corrected chi connectivity index (χ1v) is 17.8. The third-order valence-electron chi connectivity index (χ3n) is 10.0. The molecule has 12 nitrogen and oxygen atoms in total. The highest BCUT2D eigenvalue weighted by Crippen LogP contribution is 2.40. The van der Waals surface area contributed by atoms with Gasteiger partial charge in [0.1, 0.15) is 0 Å². The van der Waals surface area contributed by atoms with Gasteiger partial charge in [-0.05, 0) is 66.8 Å². The highest BCUT2D eigenvalue weighted by Gasteiger charge is 2.28. The highest BCUT2D eigenvalue weighted by molar-refractivity contribution is 9.10. The van der Waals surface area contributed by atoms with E-state index in [0.717, 1.165) is 58.9 Å². The molecule has 0 unspecified atom stereocenters. The zero-order valence-electron chi connectivity index (χ0n) is 26.8. The van der Waals surface area contributed by atoms with Gasteiger partial charge in [0.2, 0.25) is 5.88 Å². The summed E-state index contributed by atoms with van der Waals surface area (Å²) in [5, 5.41) is 13.6. The van der Waals surface area contributed by atoms with Gasteiger partial charge >= 0.3 is 0 Å². The summed E-state index contributed by atoms with van der Waals surface area (Å²) in [4.78, 5) is 54.3. The monoisotopic (exact) mass is 710 g/mol. The third kappa shape index (κ3) is 6.45. The lowest BCUT2D eigenvalue weighted by Crippen LogP contribution is -2.40. The molecule has 0 bridgehead atoms. The Balaban J connectivity index is 1.34. The van der Waals surface area contributed by atoms with Crippen molar-refractivity contribution >= 4 is 37.5 Å². The van der Waals surface area contributed by atoms with E-state index >= 15 is 0 Å². The Hall–Kier alpha value is -2.94. The van der Waals surface area contributed by atoms with E-state index in [2.05, 4.69) is 30.6 Å². The van der Waals surface area contributed by atoms with Gasteiger partial charge in [-0.1, -0.05) is 0 Å². The average molecular weight is 712 g/mol. The Morgan fingerprint density at radius 3 is 1.89 bits per heavy atom. The molecule has 3 fully saturated rings. The predicted octanol–water partition coefficient (Wildman–Crippen LogP) is 1.57. The summed E-state index contributed by atoms with van der Waals surface area (Å²) < 4.78 is 14.2. The number of ether oxygens (including phenoxy) is 2. The van der Waals surface area contributed by atoms with Crippen molar-refractivity contribution in [2.75, 3.05) is 91.9 Å². The summed E-state index contributed by atoms with van der Waals surface area (Å²) in [6, 6.07) is 3.42. The molecular formula is C34H43BrN6O6. The largest absolute Gasteiger partial charge is 0.494 e. The molecule has 47 heavy (non-hydrogen) atoms. The Morgan fingerprint density at radius 1 is 0.681 bits per heavy atom. The van der Waals surface area contributed by atoms with E-state index < -0.39 is 11.1 Å². The van der Waals surface area contributed by atoms with Crippen LogP contribution in [0.4, 0.5) is 0 Å². The number of halogens is 1. The summed E-state index contributed by atoms with van der Waals surface area (Å²) in [7, 11) is 0. The lowest BCUT2D eigenvalue weighted by molar-refractivity contribution is 0.0368. The van der Waals surface area contributed by atoms with Crippen molar-refractivity contribution in [3.05, 3.63) is 53.0 Å². The molecule has 1 N–H and O–H groups in total. The van der Waals surface area contributed by atoms with E-state index in [1.165, 1.54) is 22.0 Å². The number of hydrogen-bond acceptors (Lipinski definition) is 10. The minimum Gasteiger partial charge on any atom is -0.494 e. The SMILES string of the molecule is O=c1c2c(=NCCN3CCCC3)cc3c(=O)n(CCCN4CCOCC4)c(=O)c4c(Br)cc(c(O)n1CCCN1CCOCC1)c2c4-3. The van der Waals surface area contributed by atoms with E-state index in [-0.39, 0.29) is 18.0 Å². The summed E-state index contributed by atoms with van der Waals surface area (Å²) in [5.74, 6) is -0.162. The molecule has 3 saturated heterocycles. The second kappa shape index (κ2) is 14.3. The minimum absolute atomic E-state index is 0.162. The smallest absolute Gasteiger partial charge is 0.263 e. The first-order chi connectivity index (χ1) is 22.9. The lowest BCUT2D eigenvalue weighted by Gasteiger charge is -2.27. The Labute approximate surface area is 280 Å². The second-order valence-corrected chi connectivity index (χ2v) is 13.8. The van der Waals surface area contributed by atoms with Crippen LogP contribution in [0.5, 0.6) is 5.88 Å². The molecule has 0 spiro atoms. The van der Waals surface area contributed by atoms with Gasteiger partial charge in [-0.25, -0.2) is 0 Å². The molecule has 0 saturated carbocycles. The average Bonchev–Trinajstić information content (AvgIpc) is 3.60. The Morgan fingerprint density at radius 2 is 1.26 bits per heavy atom.